The molecule has 1 aromatic carbocycles. The van der Waals surface area contributed by atoms with Crippen LogP contribution in [-0.4, -0.2) is 56.9 Å². The number of nitrogens with zero attached hydrogens (tertiary/aromatic N) is 1. The molecule has 0 saturated heterocycles. The van der Waals surface area contributed by atoms with Crippen molar-refractivity contribution in [3.8, 4) is 11.5 Å². The number of methoxy groups -OCH3 is 2. The maximum absolute atomic E-state index is 12.8. The summed E-state index contributed by atoms with van der Waals surface area (Å²) in [6, 6.07) is 3.21. The number of hydrogen-bond acceptors (Lipinski definition) is 4. The zero-order chi connectivity index (χ0) is 20.7. The third kappa shape index (κ3) is 5.21. The lowest BCUT2D eigenvalue weighted by molar-refractivity contribution is 0.164. The molecule has 1 aliphatic heterocycles. The van der Waals surface area contributed by atoms with Gasteiger partial charge in [0.05, 0.1) is 20.3 Å². The van der Waals surface area contributed by atoms with E-state index >= 15 is 0 Å². The molecule has 1 aliphatic rings. The zero-order valence-corrected chi connectivity index (χ0v) is 17.4. The number of carbonyl (C=O) groups excluding carboxylic acids is 2. The van der Waals surface area contributed by atoms with E-state index in [1.54, 1.807) is 19.1 Å². The van der Waals surface area contributed by atoms with Gasteiger partial charge in [0.25, 0.3) is 0 Å². The number of nitrogens with one attached hydrogen (secondary N) is 3. The third-order valence-corrected chi connectivity index (χ3v) is 4.67. The molecule has 0 aromatic heterocycles. The predicted octanol–water partition coefficient (Wildman–Crippen LogP) is 2.43. The molecule has 28 heavy (non-hydrogen) atoms. The summed E-state index contributed by atoms with van der Waals surface area (Å²) in [7, 11) is 3.19. The molecule has 1 aromatic rings. The molecule has 4 amide bonds. The molecule has 2 rings (SSSR count). The van der Waals surface area contributed by atoms with Crippen molar-refractivity contribution >= 4 is 12.1 Å². The van der Waals surface area contributed by atoms with Gasteiger partial charge < -0.3 is 30.3 Å². The Bertz CT molecular complexity index is 693. The molecule has 8 nitrogen and oxygen atoms in total. The maximum Gasteiger partial charge on any atom is 0.318 e. The quantitative estimate of drug-likeness (QED) is 0.665. The van der Waals surface area contributed by atoms with E-state index in [-0.39, 0.29) is 24.1 Å². The fourth-order valence-corrected chi connectivity index (χ4v) is 3.31. The Labute approximate surface area is 166 Å². The van der Waals surface area contributed by atoms with Crippen LogP contribution in [0.1, 0.15) is 44.4 Å². The van der Waals surface area contributed by atoms with Crippen LogP contribution in [0.15, 0.2) is 12.1 Å². The fraction of sp³-hybridized carbons (Fsp3) is 0.600. The first-order valence-electron chi connectivity index (χ1n) is 9.74. The van der Waals surface area contributed by atoms with Crippen molar-refractivity contribution in [2.75, 3.05) is 33.9 Å². The molecule has 0 radical (unpaired) electrons. The van der Waals surface area contributed by atoms with E-state index in [4.69, 9.17) is 9.47 Å². The van der Waals surface area contributed by atoms with Gasteiger partial charge in [-0.15, -0.1) is 0 Å². The summed E-state index contributed by atoms with van der Waals surface area (Å²) in [5, 5.41) is 8.64. The monoisotopic (exact) mass is 392 g/mol. The van der Waals surface area contributed by atoms with Gasteiger partial charge in [-0.05, 0) is 49.9 Å². The number of rotatable bonds is 7. The first-order chi connectivity index (χ1) is 13.4. The van der Waals surface area contributed by atoms with E-state index in [2.05, 4.69) is 16.0 Å². The minimum atomic E-state index is -0.297. The summed E-state index contributed by atoms with van der Waals surface area (Å²) in [6.45, 7) is 7.32. The highest BCUT2D eigenvalue weighted by molar-refractivity contribution is 5.76. The smallest absolute Gasteiger partial charge is 0.318 e. The van der Waals surface area contributed by atoms with Crippen LogP contribution in [0.2, 0.25) is 0 Å². The predicted molar refractivity (Wildman–Crippen MR) is 108 cm³/mol. The second-order valence-electron chi connectivity index (χ2n) is 7.11. The maximum atomic E-state index is 12.8. The number of benzene rings is 1. The van der Waals surface area contributed by atoms with E-state index in [1.807, 2.05) is 32.9 Å². The number of carbonyl (C=O) groups is 2. The minimum Gasteiger partial charge on any atom is -0.493 e. The number of fused-ring (bicyclic) bond motifs is 1. The standard InChI is InChI=1S/C20H32N4O4/c1-6-8-21-19(25)22-12-16-15-11-18(28-5)17(27-4)10-14(15)7-9-24(16)20(26)23-13(2)3/h10-11,13,16H,6-9,12H2,1-5H3,(H,23,26)(H2,21,22,25)/t16-/m0/s1. The molecule has 0 fully saturated rings. The van der Waals surface area contributed by atoms with Crippen LogP contribution in [0.3, 0.4) is 0 Å². The Morgan fingerprint density at radius 2 is 1.86 bits per heavy atom. The van der Waals surface area contributed by atoms with Crippen molar-refractivity contribution < 1.29 is 19.1 Å². The first-order valence-corrected chi connectivity index (χ1v) is 9.74. The van der Waals surface area contributed by atoms with Gasteiger partial charge in [0.1, 0.15) is 0 Å². The van der Waals surface area contributed by atoms with Gasteiger partial charge in [0.2, 0.25) is 0 Å². The number of ether oxygens (including phenoxy) is 2. The Kier molecular flexibility index (Phi) is 7.78. The Balaban J connectivity index is 2.31. The normalized spacial score (nSPS) is 15.6. The zero-order valence-electron chi connectivity index (χ0n) is 17.4. The molecule has 0 unspecified atom stereocenters. The van der Waals surface area contributed by atoms with Gasteiger partial charge >= 0.3 is 12.1 Å². The fourth-order valence-electron chi connectivity index (χ4n) is 3.31. The highest BCUT2D eigenvalue weighted by Gasteiger charge is 2.32. The van der Waals surface area contributed by atoms with Gasteiger partial charge in [-0.1, -0.05) is 6.92 Å². The average molecular weight is 393 g/mol. The van der Waals surface area contributed by atoms with Crippen molar-refractivity contribution in [2.45, 2.75) is 45.7 Å². The van der Waals surface area contributed by atoms with Crippen molar-refractivity contribution in [1.82, 2.24) is 20.9 Å². The molecular formula is C20H32N4O4. The van der Waals surface area contributed by atoms with Crippen LogP contribution < -0.4 is 25.4 Å². The topological polar surface area (TPSA) is 91.9 Å². The summed E-state index contributed by atoms with van der Waals surface area (Å²) < 4.78 is 10.9. The molecule has 0 saturated carbocycles. The van der Waals surface area contributed by atoms with Crippen LogP contribution >= 0.6 is 0 Å². The van der Waals surface area contributed by atoms with Crippen molar-refractivity contribution in [2.24, 2.45) is 0 Å². The van der Waals surface area contributed by atoms with Crippen molar-refractivity contribution in [3.63, 3.8) is 0 Å². The number of amides is 4. The van der Waals surface area contributed by atoms with E-state index in [0.717, 1.165) is 17.5 Å². The Hall–Kier alpha value is -2.64. The van der Waals surface area contributed by atoms with Gasteiger partial charge in [-0.25, -0.2) is 9.59 Å². The lowest BCUT2D eigenvalue weighted by Crippen LogP contribution is -2.51. The summed E-state index contributed by atoms with van der Waals surface area (Å²) in [4.78, 5) is 26.6. The van der Waals surface area contributed by atoms with Gasteiger partial charge in [0, 0.05) is 25.7 Å². The van der Waals surface area contributed by atoms with E-state index in [9.17, 15) is 9.59 Å². The molecule has 3 N–H and O–H groups in total. The average Bonchev–Trinajstić information content (AvgIpc) is 2.68. The molecule has 1 atom stereocenters. The SMILES string of the molecule is CCCNC(=O)NC[C@H]1c2cc(OC)c(OC)cc2CCN1C(=O)NC(C)C. The highest BCUT2D eigenvalue weighted by Crippen LogP contribution is 2.38. The summed E-state index contributed by atoms with van der Waals surface area (Å²) in [6.07, 6.45) is 1.57. The lowest BCUT2D eigenvalue weighted by Gasteiger charge is -2.38. The molecule has 156 valence electrons. The Morgan fingerprint density at radius 1 is 1.18 bits per heavy atom. The number of hydrogen-bond donors (Lipinski definition) is 3. The lowest BCUT2D eigenvalue weighted by atomic mass is 9.92. The van der Waals surface area contributed by atoms with E-state index < -0.39 is 0 Å². The van der Waals surface area contributed by atoms with Crippen molar-refractivity contribution in [1.29, 1.82) is 0 Å². The molecule has 0 spiro atoms. The van der Waals surface area contributed by atoms with Crippen molar-refractivity contribution in [3.05, 3.63) is 23.3 Å². The van der Waals surface area contributed by atoms with Crippen LogP contribution in [0.25, 0.3) is 0 Å². The minimum absolute atomic E-state index is 0.0285. The number of urea groups is 2. The highest BCUT2D eigenvalue weighted by atomic mass is 16.5. The first kappa shape index (κ1) is 21.7. The summed E-state index contributed by atoms with van der Waals surface area (Å²) >= 11 is 0. The second kappa shape index (κ2) is 10.1. The van der Waals surface area contributed by atoms with Crippen LogP contribution in [0.4, 0.5) is 9.59 Å². The summed E-state index contributed by atoms with van der Waals surface area (Å²) in [5.41, 5.74) is 2.05. The van der Waals surface area contributed by atoms with Gasteiger partial charge in [-0.3, -0.25) is 0 Å². The van der Waals surface area contributed by atoms with Crippen LogP contribution in [0, 0.1) is 0 Å². The second-order valence-corrected chi connectivity index (χ2v) is 7.11. The molecule has 8 heteroatoms. The third-order valence-electron chi connectivity index (χ3n) is 4.67. The van der Waals surface area contributed by atoms with Crippen LogP contribution in [-0.2, 0) is 6.42 Å². The van der Waals surface area contributed by atoms with E-state index in [0.29, 0.717) is 37.6 Å². The molecule has 0 bridgehead atoms. The molecule has 0 aliphatic carbocycles. The van der Waals surface area contributed by atoms with Gasteiger partial charge in [0.15, 0.2) is 11.5 Å². The summed E-state index contributed by atoms with van der Waals surface area (Å²) in [5.74, 6) is 1.27. The molecular weight excluding hydrogens is 360 g/mol. The van der Waals surface area contributed by atoms with Crippen LogP contribution in [0.5, 0.6) is 11.5 Å². The Morgan fingerprint density at radius 3 is 2.46 bits per heavy atom. The van der Waals surface area contributed by atoms with Gasteiger partial charge in [-0.2, -0.15) is 0 Å². The van der Waals surface area contributed by atoms with E-state index in [1.165, 1.54) is 0 Å². The largest absolute Gasteiger partial charge is 0.493 e. The molecule has 1 heterocycles.